The molecular weight excluding hydrogens is 361 g/mol. The molecule has 4 rings (SSSR count). The van der Waals surface area contributed by atoms with Crippen molar-refractivity contribution in [3.05, 3.63) is 42.5 Å². The average Bonchev–Trinajstić information content (AvgIpc) is 2.63. The van der Waals surface area contributed by atoms with Crippen LogP contribution in [0.25, 0.3) is 0 Å². The van der Waals surface area contributed by atoms with E-state index < -0.39 is 0 Å². The molecule has 0 aliphatic carbocycles. The Hall–Kier alpha value is -2.74. The number of fused-ring (bicyclic) bond motifs is 1. The molecule has 2 amide bonds. The van der Waals surface area contributed by atoms with Crippen molar-refractivity contribution in [2.24, 2.45) is 10.4 Å². The van der Waals surface area contributed by atoms with E-state index in [4.69, 9.17) is 4.74 Å². The maximum absolute atomic E-state index is 12.9. The molecule has 28 heavy (non-hydrogen) atoms. The van der Waals surface area contributed by atoms with E-state index in [1.165, 1.54) is 13.0 Å². The normalized spacial score (nSPS) is 22.3. The second-order valence-electron chi connectivity index (χ2n) is 7.62. The van der Waals surface area contributed by atoms with Crippen molar-refractivity contribution in [3.63, 3.8) is 0 Å². The Kier molecular flexibility index (Phi) is 4.89. The fourth-order valence-electron chi connectivity index (χ4n) is 4.12. The molecule has 148 valence electrons. The Morgan fingerprint density at radius 3 is 2.93 bits per heavy atom. The van der Waals surface area contributed by atoms with Crippen LogP contribution in [0, 0.1) is 5.41 Å². The van der Waals surface area contributed by atoms with Gasteiger partial charge in [-0.05, 0) is 25.8 Å². The van der Waals surface area contributed by atoms with Gasteiger partial charge in [0.2, 0.25) is 0 Å². The minimum atomic E-state index is -0.243. The van der Waals surface area contributed by atoms with Crippen molar-refractivity contribution in [2.45, 2.75) is 13.1 Å². The second kappa shape index (κ2) is 7.35. The topological polar surface area (TPSA) is 61.3 Å². The number of rotatable bonds is 4. The summed E-state index contributed by atoms with van der Waals surface area (Å²) in [7, 11) is 0. The molecule has 1 atom stereocenters. The number of urea groups is 1. The van der Waals surface area contributed by atoms with Crippen LogP contribution < -0.4 is 9.64 Å². The Balaban J connectivity index is 1.32. The summed E-state index contributed by atoms with van der Waals surface area (Å²) in [6, 6.07) is 1.79. The van der Waals surface area contributed by atoms with Gasteiger partial charge >= 0.3 is 6.03 Å². The number of ether oxygens (including phenoxy) is 1. The first-order valence-corrected chi connectivity index (χ1v) is 9.35. The summed E-state index contributed by atoms with van der Waals surface area (Å²) in [5, 5.41) is 0. The van der Waals surface area contributed by atoms with E-state index in [1.54, 1.807) is 29.4 Å². The summed E-state index contributed by atoms with van der Waals surface area (Å²) in [6.07, 6.45) is 8.09. The molecule has 1 aromatic rings. The maximum atomic E-state index is 12.9. The first-order valence-electron chi connectivity index (χ1n) is 9.35. The fourth-order valence-corrected chi connectivity index (χ4v) is 4.12. The molecule has 2 saturated heterocycles. The van der Waals surface area contributed by atoms with E-state index in [9.17, 15) is 9.18 Å². The third-order valence-corrected chi connectivity index (χ3v) is 5.43. The van der Waals surface area contributed by atoms with Crippen LogP contribution in [0.5, 0.6) is 5.75 Å². The van der Waals surface area contributed by atoms with Crippen LogP contribution >= 0.6 is 0 Å². The van der Waals surface area contributed by atoms with Crippen molar-refractivity contribution >= 4 is 18.4 Å². The van der Waals surface area contributed by atoms with Crippen molar-refractivity contribution in [1.82, 2.24) is 14.8 Å². The number of amides is 2. The number of hydrogen-bond acceptors (Lipinski definition) is 5. The highest BCUT2D eigenvalue weighted by Crippen LogP contribution is 2.42. The first kappa shape index (κ1) is 18.6. The molecule has 1 spiro atoms. The highest BCUT2D eigenvalue weighted by Gasteiger charge is 2.55. The largest absolute Gasteiger partial charge is 0.489 e. The lowest BCUT2D eigenvalue weighted by atomic mass is 9.72. The summed E-state index contributed by atoms with van der Waals surface area (Å²) >= 11 is 0. The first-order chi connectivity index (χ1) is 13.5. The van der Waals surface area contributed by atoms with Crippen molar-refractivity contribution < 1.29 is 13.9 Å². The number of anilines is 1. The van der Waals surface area contributed by atoms with E-state index in [2.05, 4.69) is 21.6 Å². The summed E-state index contributed by atoms with van der Waals surface area (Å²) in [5.74, 6) is 0.455. The van der Waals surface area contributed by atoms with Crippen molar-refractivity contribution in [1.29, 1.82) is 0 Å². The Morgan fingerprint density at radius 2 is 2.21 bits per heavy atom. The highest BCUT2D eigenvalue weighted by atomic mass is 19.1. The number of carbonyl (C=O) groups is 1. The van der Waals surface area contributed by atoms with Gasteiger partial charge in [-0.15, -0.1) is 0 Å². The summed E-state index contributed by atoms with van der Waals surface area (Å²) in [6.45, 7) is 9.21. The van der Waals surface area contributed by atoms with Gasteiger partial charge in [0.25, 0.3) is 0 Å². The van der Waals surface area contributed by atoms with Gasteiger partial charge in [-0.3, -0.25) is 19.8 Å². The molecule has 1 unspecified atom stereocenters. The van der Waals surface area contributed by atoms with Gasteiger partial charge in [-0.25, -0.2) is 9.18 Å². The lowest BCUT2D eigenvalue weighted by molar-refractivity contribution is -0.103. The van der Waals surface area contributed by atoms with Gasteiger partial charge in [-0.1, -0.05) is 6.08 Å². The summed E-state index contributed by atoms with van der Waals surface area (Å²) < 4.78 is 18.4. The molecule has 3 aliphatic rings. The highest BCUT2D eigenvalue weighted by molar-refractivity contribution is 5.94. The maximum Gasteiger partial charge on any atom is 0.324 e. The number of likely N-dealkylation sites (tertiary alicyclic amines) is 2. The number of halogens is 1. The van der Waals surface area contributed by atoms with Gasteiger partial charge in [-0.2, -0.15) is 0 Å². The van der Waals surface area contributed by atoms with Crippen LogP contribution in [0.15, 0.2) is 47.5 Å². The minimum absolute atomic E-state index is 0.00322. The predicted octanol–water partition coefficient (Wildman–Crippen LogP) is 2.47. The Labute approximate surface area is 163 Å². The zero-order valence-corrected chi connectivity index (χ0v) is 15.9. The SMILES string of the molecule is C=NC(C=C/C=C(\C)F)N1CC2(CN(C(=O)N3CCOc4ccncc43)C2)C1. The summed E-state index contributed by atoms with van der Waals surface area (Å²) in [5.41, 5.74) is 0.856. The lowest BCUT2D eigenvalue weighted by Crippen LogP contribution is -2.75. The minimum Gasteiger partial charge on any atom is -0.489 e. The van der Waals surface area contributed by atoms with E-state index in [0.29, 0.717) is 18.9 Å². The molecule has 0 radical (unpaired) electrons. The summed E-state index contributed by atoms with van der Waals surface area (Å²) in [4.78, 5) is 27.0. The fraction of sp³-hybridized carbons (Fsp3) is 0.450. The second-order valence-corrected chi connectivity index (χ2v) is 7.62. The molecule has 2 fully saturated rings. The van der Waals surface area contributed by atoms with Crippen LogP contribution in [0.4, 0.5) is 14.9 Å². The van der Waals surface area contributed by atoms with E-state index in [1.807, 2.05) is 11.0 Å². The molecule has 7 nitrogen and oxygen atoms in total. The predicted molar refractivity (Wildman–Crippen MR) is 105 cm³/mol. The van der Waals surface area contributed by atoms with Gasteiger partial charge in [0.05, 0.1) is 18.6 Å². The third-order valence-electron chi connectivity index (χ3n) is 5.43. The Bertz CT molecular complexity index is 822. The molecule has 1 aromatic heterocycles. The number of hydrogen-bond donors (Lipinski definition) is 0. The lowest BCUT2D eigenvalue weighted by Gasteiger charge is -2.61. The molecule has 0 bridgehead atoms. The molecule has 8 heteroatoms. The average molecular weight is 385 g/mol. The number of aliphatic imine (C=N–C) groups is 1. The quantitative estimate of drug-likeness (QED) is 0.590. The van der Waals surface area contributed by atoms with Crippen LogP contribution in [-0.2, 0) is 0 Å². The van der Waals surface area contributed by atoms with Crippen LogP contribution in [0.2, 0.25) is 0 Å². The standard InChI is InChI=1S/C20H24FN5O2/c1-15(21)4-3-5-18(22-2)24-11-20(12-24)13-25(14-20)19(27)26-8-9-28-17-6-7-23-10-16(17)26/h3-7,10,18H,2,8-9,11-14H2,1H3/b5-3?,15-4+. The van der Waals surface area contributed by atoms with E-state index >= 15 is 0 Å². The third kappa shape index (κ3) is 3.40. The van der Waals surface area contributed by atoms with Crippen LogP contribution in [0.1, 0.15) is 6.92 Å². The van der Waals surface area contributed by atoms with Gasteiger partial charge < -0.3 is 9.64 Å². The molecule has 0 saturated carbocycles. The number of carbonyl (C=O) groups excluding carboxylic acids is 1. The zero-order valence-electron chi connectivity index (χ0n) is 15.9. The molecule has 0 aromatic carbocycles. The monoisotopic (exact) mass is 385 g/mol. The number of aromatic nitrogens is 1. The molecule has 3 aliphatic heterocycles. The number of allylic oxidation sites excluding steroid dienone is 3. The number of pyridine rings is 1. The molecular formula is C20H24FN5O2. The molecule has 4 heterocycles. The van der Waals surface area contributed by atoms with E-state index in [0.717, 1.165) is 31.9 Å². The van der Waals surface area contributed by atoms with Gasteiger partial charge in [0.1, 0.15) is 24.2 Å². The van der Waals surface area contributed by atoms with Crippen LogP contribution in [0.3, 0.4) is 0 Å². The van der Waals surface area contributed by atoms with Gasteiger partial charge in [0.15, 0.2) is 0 Å². The number of nitrogens with zero attached hydrogens (tertiary/aromatic N) is 5. The van der Waals surface area contributed by atoms with E-state index in [-0.39, 0.29) is 23.4 Å². The van der Waals surface area contributed by atoms with Crippen molar-refractivity contribution in [2.75, 3.05) is 44.2 Å². The smallest absolute Gasteiger partial charge is 0.324 e. The zero-order chi connectivity index (χ0) is 19.7. The molecule has 0 N–H and O–H groups in total. The van der Waals surface area contributed by atoms with Crippen molar-refractivity contribution in [3.8, 4) is 5.75 Å². The van der Waals surface area contributed by atoms with Crippen LogP contribution in [-0.4, -0.2) is 73.0 Å². The Morgan fingerprint density at radius 1 is 1.43 bits per heavy atom. The van der Waals surface area contributed by atoms with Gasteiger partial charge in [0, 0.05) is 43.9 Å².